The molecule has 0 radical (unpaired) electrons. The zero-order valence-electron chi connectivity index (χ0n) is 15.4. The molecule has 0 bridgehead atoms. The molecule has 0 spiro atoms. The van der Waals surface area contributed by atoms with E-state index in [1.807, 2.05) is 6.07 Å². The molecule has 1 heterocycles. The Kier molecular flexibility index (Phi) is 7.65. The predicted molar refractivity (Wildman–Crippen MR) is 95.0 cm³/mol. The highest BCUT2D eigenvalue weighted by Gasteiger charge is 2.35. The number of halogens is 3. The molecule has 148 valence electrons. The number of ether oxygens (including phenoxy) is 1. The summed E-state index contributed by atoms with van der Waals surface area (Å²) >= 11 is 0.954. The second kappa shape index (κ2) is 9.08. The maximum Gasteiger partial charge on any atom is 0.433 e. The van der Waals surface area contributed by atoms with Crippen LogP contribution in [0.4, 0.5) is 13.2 Å². The van der Waals surface area contributed by atoms with E-state index < -0.39 is 29.4 Å². The highest BCUT2D eigenvalue weighted by Crippen LogP contribution is 2.31. The van der Waals surface area contributed by atoms with Gasteiger partial charge in [0.15, 0.2) is 17.0 Å². The normalized spacial score (nSPS) is 14.8. The van der Waals surface area contributed by atoms with Gasteiger partial charge < -0.3 is 10.1 Å². The van der Waals surface area contributed by atoms with Crippen molar-refractivity contribution in [2.75, 3.05) is 5.75 Å². The first-order chi connectivity index (χ1) is 12.4. The van der Waals surface area contributed by atoms with Gasteiger partial charge in [-0.05, 0) is 19.8 Å². The van der Waals surface area contributed by atoms with Crippen LogP contribution in [-0.2, 0) is 11.0 Å². The van der Waals surface area contributed by atoms with E-state index in [1.54, 1.807) is 20.8 Å². The molecule has 2 atom stereocenters. The molecule has 0 aliphatic heterocycles. The molecule has 1 rings (SSSR count). The molecule has 0 saturated carbocycles. The molecule has 1 aromatic rings. The van der Waals surface area contributed by atoms with Crippen LogP contribution < -0.4 is 10.1 Å². The number of hydrogen-bond acceptors (Lipinski definition) is 6. The molecule has 2 unspecified atom stereocenters. The van der Waals surface area contributed by atoms with Crippen molar-refractivity contribution in [3.63, 3.8) is 0 Å². The van der Waals surface area contributed by atoms with Crippen LogP contribution in [0, 0.1) is 17.2 Å². The van der Waals surface area contributed by atoms with E-state index >= 15 is 0 Å². The molecule has 1 aromatic heterocycles. The Balaban J connectivity index is 3.03. The summed E-state index contributed by atoms with van der Waals surface area (Å²) in [5, 5.41) is 11.7. The van der Waals surface area contributed by atoms with Gasteiger partial charge in [-0.2, -0.15) is 23.4 Å². The first-order valence-electron chi connectivity index (χ1n) is 8.02. The van der Waals surface area contributed by atoms with Gasteiger partial charge in [0, 0.05) is 11.8 Å². The maximum atomic E-state index is 13.0. The average molecular weight is 402 g/mol. The van der Waals surface area contributed by atoms with Crippen LogP contribution in [0.25, 0.3) is 0 Å². The largest absolute Gasteiger partial charge is 0.464 e. The fraction of sp³-hybridized carbons (Fsp3) is 0.529. The van der Waals surface area contributed by atoms with Gasteiger partial charge in [-0.25, -0.2) is 4.98 Å². The lowest BCUT2D eigenvalue weighted by Gasteiger charge is -2.28. The number of aromatic nitrogens is 2. The van der Waals surface area contributed by atoms with E-state index in [1.165, 1.54) is 13.0 Å². The first-order valence-corrected chi connectivity index (χ1v) is 9.01. The van der Waals surface area contributed by atoms with Gasteiger partial charge in [0.05, 0.1) is 6.07 Å². The van der Waals surface area contributed by atoms with Crippen LogP contribution in [0.3, 0.4) is 0 Å². The molecule has 1 N–H and O–H groups in total. The van der Waals surface area contributed by atoms with Gasteiger partial charge in [0.1, 0.15) is 5.54 Å². The summed E-state index contributed by atoms with van der Waals surface area (Å²) in [4.78, 5) is 19.6. The monoisotopic (exact) mass is 402 g/mol. The maximum absolute atomic E-state index is 13.0. The molecule has 6 nitrogen and oxygen atoms in total. The lowest BCUT2D eigenvalue weighted by molar-refractivity contribution is -0.141. The van der Waals surface area contributed by atoms with Gasteiger partial charge in [-0.15, -0.1) is 6.58 Å². The van der Waals surface area contributed by atoms with Crippen molar-refractivity contribution in [1.29, 1.82) is 5.26 Å². The molecule has 0 fully saturated rings. The number of nitrogens with zero attached hydrogens (tertiary/aromatic N) is 3. The number of rotatable bonds is 8. The molecule has 0 aliphatic carbocycles. The van der Waals surface area contributed by atoms with Gasteiger partial charge in [-0.1, -0.05) is 31.7 Å². The zero-order chi connectivity index (χ0) is 20.8. The number of hydrogen-bond donors (Lipinski definition) is 1. The van der Waals surface area contributed by atoms with E-state index in [-0.39, 0.29) is 17.0 Å². The van der Waals surface area contributed by atoms with Crippen LogP contribution in [0.5, 0.6) is 5.88 Å². The topological polar surface area (TPSA) is 87.9 Å². The summed E-state index contributed by atoms with van der Waals surface area (Å²) in [5.74, 6) is -0.891. The van der Waals surface area contributed by atoms with Crippen LogP contribution in [0.1, 0.15) is 33.4 Å². The number of alkyl halides is 3. The Morgan fingerprint density at radius 1 is 1.44 bits per heavy atom. The van der Waals surface area contributed by atoms with E-state index in [0.717, 1.165) is 11.8 Å². The van der Waals surface area contributed by atoms with Crippen molar-refractivity contribution in [2.45, 2.75) is 50.7 Å². The van der Waals surface area contributed by atoms with E-state index in [2.05, 4.69) is 21.9 Å². The quantitative estimate of drug-likeness (QED) is 0.406. The number of nitrogens with one attached hydrogen (secondary N) is 1. The van der Waals surface area contributed by atoms with Gasteiger partial charge in [-0.3, -0.25) is 4.79 Å². The Morgan fingerprint density at radius 3 is 2.56 bits per heavy atom. The minimum Gasteiger partial charge on any atom is -0.464 e. The van der Waals surface area contributed by atoms with Crippen LogP contribution in [0.2, 0.25) is 0 Å². The minimum absolute atomic E-state index is 0.142. The molecule has 0 aromatic carbocycles. The van der Waals surface area contributed by atoms with Crippen molar-refractivity contribution in [3.8, 4) is 11.9 Å². The fourth-order valence-corrected chi connectivity index (χ4v) is 2.29. The van der Waals surface area contributed by atoms with Crippen LogP contribution >= 0.6 is 11.8 Å². The fourth-order valence-electron chi connectivity index (χ4n) is 1.70. The van der Waals surface area contributed by atoms with Gasteiger partial charge >= 0.3 is 6.18 Å². The smallest absolute Gasteiger partial charge is 0.433 e. The third kappa shape index (κ3) is 6.43. The number of carbonyl (C=O) groups is 1. The highest BCUT2D eigenvalue weighted by molar-refractivity contribution is 7.99. The third-order valence-electron chi connectivity index (χ3n) is 3.74. The average Bonchev–Trinajstić information content (AvgIpc) is 2.58. The van der Waals surface area contributed by atoms with Crippen molar-refractivity contribution in [3.05, 3.63) is 24.4 Å². The Labute approximate surface area is 160 Å². The summed E-state index contributed by atoms with van der Waals surface area (Å²) in [5.41, 5.74) is -2.31. The lowest BCUT2D eigenvalue weighted by Crippen LogP contribution is -2.52. The second-order valence-corrected chi connectivity index (χ2v) is 7.18. The Hall–Kier alpha value is -2.28. The van der Waals surface area contributed by atoms with Crippen molar-refractivity contribution in [2.24, 2.45) is 5.92 Å². The van der Waals surface area contributed by atoms with Gasteiger partial charge in [0.25, 0.3) is 5.91 Å². The van der Waals surface area contributed by atoms with Crippen LogP contribution in [0.15, 0.2) is 23.9 Å². The minimum atomic E-state index is -4.69. The predicted octanol–water partition coefficient (Wildman–Crippen LogP) is 3.60. The molecule has 1 amide bonds. The third-order valence-corrected chi connectivity index (χ3v) is 4.58. The van der Waals surface area contributed by atoms with Crippen molar-refractivity contribution in [1.82, 2.24) is 15.3 Å². The standard InChI is InChI=1S/C17H21F3N4O2S/c1-6-7-27-15-22-12(17(18,19)20)8-13(23-15)26-11(4)14(25)24-16(5,9-21)10(2)3/h6,8,10-11H,1,7H2,2-5H3,(H,24,25). The lowest BCUT2D eigenvalue weighted by atomic mass is 9.90. The summed E-state index contributed by atoms with van der Waals surface area (Å²) in [6, 6.07) is 2.65. The molecule has 27 heavy (non-hydrogen) atoms. The first kappa shape index (κ1) is 22.8. The van der Waals surface area contributed by atoms with Crippen LogP contribution in [-0.4, -0.2) is 33.3 Å². The number of amides is 1. The van der Waals surface area contributed by atoms with Gasteiger partial charge in [0.2, 0.25) is 5.88 Å². The summed E-state index contributed by atoms with van der Waals surface area (Å²) in [7, 11) is 0. The van der Waals surface area contributed by atoms with E-state index in [0.29, 0.717) is 11.8 Å². The summed E-state index contributed by atoms with van der Waals surface area (Å²) in [6.07, 6.45) is -4.35. The van der Waals surface area contributed by atoms with E-state index in [9.17, 15) is 23.2 Å². The molecular formula is C17H21F3N4O2S. The number of carbonyl (C=O) groups excluding carboxylic acids is 1. The molecular weight excluding hydrogens is 381 g/mol. The van der Waals surface area contributed by atoms with Crippen molar-refractivity contribution >= 4 is 17.7 Å². The Morgan fingerprint density at radius 2 is 2.07 bits per heavy atom. The number of nitriles is 1. The zero-order valence-corrected chi connectivity index (χ0v) is 16.2. The second-order valence-electron chi connectivity index (χ2n) is 6.19. The Bertz CT molecular complexity index is 734. The molecule has 0 aliphatic rings. The van der Waals surface area contributed by atoms with E-state index in [4.69, 9.17) is 4.74 Å². The van der Waals surface area contributed by atoms with Crippen molar-refractivity contribution < 1.29 is 22.7 Å². The summed E-state index contributed by atoms with van der Waals surface area (Å²) < 4.78 is 44.4. The SMILES string of the molecule is C=CCSc1nc(OC(C)C(=O)NC(C)(C#N)C(C)C)cc(C(F)(F)F)n1. The molecule has 10 heteroatoms. The number of thioether (sulfide) groups is 1. The highest BCUT2D eigenvalue weighted by atomic mass is 32.2. The molecule has 0 saturated heterocycles. The summed E-state index contributed by atoms with van der Waals surface area (Å²) in [6.45, 7) is 9.93.